The minimum absolute atomic E-state index is 0.0926. The minimum atomic E-state index is -0.357. The van der Waals surface area contributed by atoms with Crippen LogP contribution >= 0.6 is 11.3 Å². The molecule has 6 heteroatoms. The number of nitrogens with zero attached hydrogens (tertiary/aromatic N) is 2. The summed E-state index contributed by atoms with van der Waals surface area (Å²) in [6, 6.07) is -0.0926. The third kappa shape index (κ3) is 3.68. The number of carbonyl (C=O) groups is 1. The van der Waals surface area contributed by atoms with E-state index < -0.39 is 0 Å². The Balaban J connectivity index is 2.63. The van der Waals surface area contributed by atoms with Crippen LogP contribution in [-0.4, -0.2) is 43.3 Å². The topological polar surface area (TPSA) is 51.7 Å². The maximum absolute atomic E-state index is 11.8. The number of aryl methyl sites for hydroxylation is 2. The summed E-state index contributed by atoms with van der Waals surface area (Å²) in [7, 11) is 3.29. The standard InChI is InChI=1S/C12H20N2O3S/c1-8(11-9(2)18-10(3)13-11)14(4)12(15)17-7-6-16-5/h8H,6-7H2,1-5H3/t8-/m1/s1. The zero-order valence-corrected chi connectivity index (χ0v) is 12.3. The molecule has 0 aliphatic carbocycles. The summed E-state index contributed by atoms with van der Waals surface area (Å²) in [6.07, 6.45) is -0.357. The molecule has 0 bridgehead atoms. The molecule has 1 heterocycles. The van der Waals surface area contributed by atoms with Crippen molar-refractivity contribution in [1.29, 1.82) is 0 Å². The zero-order valence-electron chi connectivity index (χ0n) is 11.5. The van der Waals surface area contributed by atoms with Gasteiger partial charge in [-0.05, 0) is 20.8 Å². The molecule has 102 valence electrons. The van der Waals surface area contributed by atoms with Crippen molar-refractivity contribution in [3.05, 3.63) is 15.6 Å². The smallest absolute Gasteiger partial charge is 0.410 e. The quantitative estimate of drug-likeness (QED) is 0.773. The van der Waals surface area contributed by atoms with Crippen molar-refractivity contribution >= 4 is 17.4 Å². The summed E-state index contributed by atoms with van der Waals surface area (Å²) < 4.78 is 9.90. The highest BCUT2D eigenvalue weighted by atomic mass is 32.1. The van der Waals surface area contributed by atoms with E-state index in [9.17, 15) is 4.79 Å². The zero-order chi connectivity index (χ0) is 13.7. The van der Waals surface area contributed by atoms with E-state index in [0.717, 1.165) is 15.6 Å². The van der Waals surface area contributed by atoms with Gasteiger partial charge >= 0.3 is 6.09 Å². The molecule has 0 aliphatic heterocycles. The van der Waals surface area contributed by atoms with Crippen LogP contribution < -0.4 is 0 Å². The Hall–Kier alpha value is -1.14. The molecule has 0 unspecified atom stereocenters. The average Bonchev–Trinajstić information content (AvgIpc) is 2.66. The van der Waals surface area contributed by atoms with Crippen LogP contribution in [0.25, 0.3) is 0 Å². The van der Waals surface area contributed by atoms with Crippen LogP contribution in [-0.2, 0) is 9.47 Å². The highest BCUT2D eigenvalue weighted by Crippen LogP contribution is 2.26. The van der Waals surface area contributed by atoms with Crippen LogP contribution in [0.3, 0.4) is 0 Å². The van der Waals surface area contributed by atoms with Crippen molar-refractivity contribution in [3.63, 3.8) is 0 Å². The van der Waals surface area contributed by atoms with E-state index in [4.69, 9.17) is 9.47 Å². The Morgan fingerprint density at radius 2 is 2.11 bits per heavy atom. The number of hydrogen-bond acceptors (Lipinski definition) is 5. The number of amides is 1. The molecule has 1 amide bonds. The lowest BCUT2D eigenvalue weighted by molar-refractivity contribution is 0.0695. The molecule has 1 rings (SSSR count). The van der Waals surface area contributed by atoms with Crippen LogP contribution in [0.1, 0.15) is 28.5 Å². The van der Waals surface area contributed by atoms with E-state index in [-0.39, 0.29) is 18.7 Å². The summed E-state index contributed by atoms with van der Waals surface area (Å²) in [5, 5.41) is 1.01. The SMILES string of the molecule is COCCOC(=O)N(C)[C@H](C)c1nc(C)sc1C. The normalized spacial score (nSPS) is 12.3. The summed E-state index contributed by atoms with van der Waals surface area (Å²) >= 11 is 1.64. The monoisotopic (exact) mass is 272 g/mol. The molecular weight excluding hydrogens is 252 g/mol. The van der Waals surface area contributed by atoms with E-state index in [2.05, 4.69) is 4.98 Å². The number of ether oxygens (including phenoxy) is 2. The number of aromatic nitrogens is 1. The molecule has 0 fully saturated rings. The van der Waals surface area contributed by atoms with Crippen LogP contribution in [0.2, 0.25) is 0 Å². The van der Waals surface area contributed by atoms with Crippen molar-refractivity contribution in [2.75, 3.05) is 27.4 Å². The molecule has 0 aliphatic rings. The van der Waals surface area contributed by atoms with Crippen LogP contribution in [0, 0.1) is 13.8 Å². The lowest BCUT2D eigenvalue weighted by Gasteiger charge is -2.23. The Morgan fingerprint density at radius 1 is 1.44 bits per heavy atom. The van der Waals surface area contributed by atoms with Crippen molar-refractivity contribution in [1.82, 2.24) is 9.88 Å². The van der Waals surface area contributed by atoms with Gasteiger partial charge in [0.05, 0.1) is 23.4 Å². The van der Waals surface area contributed by atoms with E-state index in [1.54, 1.807) is 30.4 Å². The minimum Gasteiger partial charge on any atom is -0.447 e. The van der Waals surface area contributed by atoms with Gasteiger partial charge in [-0.2, -0.15) is 0 Å². The average molecular weight is 272 g/mol. The Kier molecular flexibility index (Phi) is 5.55. The van der Waals surface area contributed by atoms with Gasteiger partial charge in [0, 0.05) is 19.0 Å². The molecule has 0 N–H and O–H groups in total. The Bertz CT molecular complexity index is 406. The molecule has 5 nitrogen and oxygen atoms in total. The first kappa shape index (κ1) is 14.9. The predicted molar refractivity (Wildman–Crippen MR) is 71.0 cm³/mol. The van der Waals surface area contributed by atoms with Crippen LogP contribution in [0.15, 0.2) is 0 Å². The van der Waals surface area contributed by atoms with E-state index in [1.807, 2.05) is 20.8 Å². The third-order valence-electron chi connectivity index (χ3n) is 2.72. The number of methoxy groups -OCH3 is 1. The predicted octanol–water partition coefficient (Wildman–Crippen LogP) is 2.54. The van der Waals surface area contributed by atoms with Gasteiger partial charge in [-0.15, -0.1) is 11.3 Å². The fourth-order valence-electron chi connectivity index (χ4n) is 1.59. The third-order valence-corrected chi connectivity index (χ3v) is 3.62. The number of carbonyl (C=O) groups excluding carboxylic acids is 1. The summed E-state index contributed by atoms with van der Waals surface area (Å²) in [4.78, 5) is 18.9. The summed E-state index contributed by atoms with van der Waals surface area (Å²) in [6.45, 7) is 6.59. The number of rotatable bonds is 5. The Labute approximate surface area is 112 Å². The molecule has 0 saturated heterocycles. The molecule has 1 aromatic rings. The number of hydrogen-bond donors (Lipinski definition) is 0. The van der Waals surface area contributed by atoms with Crippen molar-refractivity contribution in [2.24, 2.45) is 0 Å². The molecule has 18 heavy (non-hydrogen) atoms. The Morgan fingerprint density at radius 3 is 2.61 bits per heavy atom. The maximum atomic E-state index is 11.8. The number of thiazole rings is 1. The molecule has 0 saturated carbocycles. The fraction of sp³-hybridized carbons (Fsp3) is 0.667. The van der Waals surface area contributed by atoms with Crippen molar-refractivity contribution in [3.8, 4) is 0 Å². The highest BCUT2D eigenvalue weighted by Gasteiger charge is 2.22. The van der Waals surface area contributed by atoms with E-state index >= 15 is 0 Å². The first-order chi connectivity index (χ1) is 8.47. The van der Waals surface area contributed by atoms with Gasteiger partial charge in [-0.25, -0.2) is 9.78 Å². The highest BCUT2D eigenvalue weighted by molar-refractivity contribution is 7.11. The maximum Gasteiger partial charge on any atom is 0.410 e. The lowest BCUT2D eigenvalue weighted by atomic mass is 10.2. The molecular formula is C12H20N2O3S. The molecule has 0 aromatic carbocycles. The second-order valence-electron chi connectivity index (χ2n) is 4.07. The second-order valence-corrected chi connectivity index (χ2v) is 5.48. The van der Waals surface area contributed by atoms with Gasteiger partial charge in [0.1, 0.15) is 6.61 Å². The van der Waals surface area contributed by atoms with E-state index in [1.165, 1.54) is 0 Å². The van der Waals surface area contributed by atoms with Gasteiger partial charge in [-0.1, -0.05) is 0 Å². The fourth-order valence-corrected chi connectivity index (χ4v) is 2.50. The van der Waals surface area contributed by atoms with Gasteiger partial charge in [-0.3, -0.25) is 0 Å². The van der Waals surface area contributed by atoms with Crippen molar-refractivity contribution in [2.45, 2.75) is 26.8 Å². The summed E-state index contributed by atoms with van der Waals surface area (Å²) in [5.41, 5.74) is 0.934. The molecule has 1 aromatic heterocycles. The van der Waals surface area contributed by atoms with E-state index in [0.29, 0.717) is 6.61 Å². The summed E-state index contributed by atoms with van der Waals surface area (Å²) in [5.74, 6) is 0. The van der Waals surface area contributed by atoms with Gasteiger partial charge in [0.2, 0.25) is 0 Å². The van der Waals surface area contributed by atoms with Gasteiger partial charge in [0.25, 0.3) is 0 Å². The van der Waals surface area contributed by atoms with Gasteiger partial charge < -0.3 is 14.4 Å². The van der Waals surface area contributed by atoms with Crippen LogP contribution in [0.4, 0.5) is 4.79 Å². The molecule has 0 radical (unpaired) electrons. The van der Waals surface area contributed by atoms with Crippen molar-refractivity contribution < 1.29 is 14.3 Å². The molecule has 0 spiro atoms. The van der Waals surface area contributed by atoms with Gasteiger partial charge in [0.15, 0.2) is 0 Å². The largest absolute Gasteiger partial charge is 0.447 e. The van der Waals surface area contributed by atoms with Crippen LogP contribution in [0.5, 0.6) is 0 Å². The first-order valence-corrected chi connectivity index (χ1v) is 6.61. The first-order valence-electron chi connectivity index (χ1n) is 5.79. The lowest BCUT2D eigenvalue weighted by Crippen LogP contribution is -2.31. The second kappa shape index (κ2) is 6.70. The molecule has 1 atom stereocenters.